The van der Waals surface area contributed by atoms with Crippen molar-refractivity contribution in [3.05, 3.63) is 53.7 Å². The van der Waals surface area contributed by atoms with Gasteiger partial charge in [-0.2, -0.15) is 0 Å². The average Bonchev–Trinajstić information content (AvgIpc) is 2.29. The first-order valence-corrected chi connectivity index (χ1v) is 6.13. The molecule has 0 radical (unpaired) electrons. The molecule has 0 unspecified atom stereocenters. The van der Waals surface area contributed by atoms with Gasteiger partial charge in [0, 0.05) is 5.75 Å². The third-order valence-electron chi connectivity index (χ3n) is 2.27. The van der Waals surface area contributed by atoms with Gasteiger partial charge in [0.05, 0.1) is 16.9 Å². The molecule has 0 spiro atoms. The van der Waals surface area contributed by atoms with Crippen LogP contribution in [0.3, 0.4) is 0 Å². The standard InChI is InChI=1S/C13H14N2S/c1-10-7-12(14)8-15-13(10)16-9-11-5-3-2-4-6-11/h2-8H,9,14H2,1H3. The van der Waals surface area contributed by atoms with Gasteiger partial charge in [0.15, 0.2) is 0 Å². The highest BCUT2D eigenvalue weighted by Crippen LogP contribution is 2.24. The van der Waals surface area contributed by atoms with Crippen molar-refractivity contribution in [3.8, 4) is 0 Å². The molecule has 0 fully saturated rings. The number of aryl methyl sites for hydroxylation is 1. The number of hydrogen-bond acceptors (Lipinski definition) is 3. The lowest BCUT2D eigenvalue weighted by atomic mass is 10.2. The maximum atomic E-state index is 5.66. The van der Waals surface area contributed by atoms with Gasteiger partial charge in [0.2, 0.25) is 0 Å². The van der Waals surface area contributed by atoms with Crippen LogP contribution >= 0.6 is 11.8 Å². The molecule has 0 bridgehead atoms. The molecule has 0 aliphatic rings. The van der Waals surface area contributed by atoms with Gasteiger partial charge < -0.3 is 5.73 Å². The van der Waals surface area contributed by atoms with Crippen LogP contribution in [0.4, 0.5) is 5.69 Å². The summed E-state index contributed by atoms with van der Waals surface area (Å²) in [5, 5.41) is 1.05. The van der Waals surface area contributed by atoms with Gasteiger partial charge in [0.1, 0.15) is 0 Å². The Morgan fingerprint density at radius 3 is 2.69 bits per heavy atom. The normalized spacial score (nSPS) is 10.3. The number of aromatic nitrogens is 1. The Bertz CT molecular complexity index is 469. The lowest BCUT2D eigenvalue weighted by Crippen LogP contribution is -1.91. The number of nitrogens with zero attached hydrogens (tertiary/aromatic N) is 1. The molecule has 0 aliphatic carbocycles. The van der Waals surface area contributed by atoms with Crippen molar-refractivity contribution in [2.24, 2.45) is 0 Å². The van der Waals surface area contributed by atoms with Crippen molar-refractivity contribution in [3.63, 3.8) is 0 Å². The lowest BCUT2D eigenvalue weighted by Gasteiger charge is -2.05. The van der Waals surface area contributed by atoms with Gasteiger partial charge in [-0.1, -0.05) is 30.3 Å². The minimum absolute atomic E-state index is 0.724. The molecule has 3 heteroatoms. The Balaban J connectivity index is 2.05. The number of anilines is 1. The summed E-state index contributed by atoms with van der Waals surface area (Å²) in [4.78, 5) is 4.33. The Hall–Kier alpha value is -1.48. The van der Waals surface area contributed by atoms with E-state index in [1.807, 2.05) is 19.1 Å². The largest absolute Gasteiger partial charge is 0.397 e. The van der Waals surface area contributed by atoms with Crippen LogP contribution in [-0.2, 0) is 5.75 Å². The first-order chi connectivity index (χ1) is 7.75. The highest BCUT2D eigenvalue weighted by atomic mass is 32.2. The van der Waals surface area contributed by atoms with Crippen LogP contribution in [0.15, 0.2) is 47.6 Å². The molecule has 82 valence electrons. The smallest absolute Gasteiger partial charge is 0.0993 e. The fourth-order valence-electron chi connectivity index (χ4n) is 1.46. The lowest BCUT2D eigenvalue weighted by molar-refractivity contribution is 1.08. The summed E-state index contributed by atoms with van der Waals surface area (Å²) >= 11 is 1.74. The molecule has 0 atom stereocenters. The van der Waals surface area contributed by atoms with E-state index in [4.69, 9.17) is 5.73 Å². The molecule has 2 aromatic rings. The van der Waals surface area contributed by atoms with Crippen LogP contribution < -0.4 is 5.73 Å². The number of nitrogen functional groups attached to an aromatic ring is 1. The zero-order chi connectivity index (χ0) is 11.4. The third-order valence-corrected chi connectivity index (χ3v) is 3.45. The minimum atomic E-state index is 0.724. The second-order valence-electron chi connectivity index (χ2n) is 3.66. The van der Waals surface area contributed by atoms with Crippen LogP contribution in [0.1, 0.15) is 11.1 Å². The maximum absolute atomic E-state index is 5.66. The van der Waals surface area contributed by atoms with E-state index in [-0.39, 0.29) is 0 Å². The van der Waals surface area contributed by atoms with Crippen LogP contribution in [0.2, 0.25) is 0 Å². The molecule has 1 aromatic carbocycles. The molecule has 1 aromatic heterocycles. The molecule has 0 aliphatic heterocycles. The average molecular weight is 230 g/mol. The molecular formula is C13H14N2S. The summed E-state index contributed by atoms with van der Waals surface area (Å²) in [6.45, 7) is 2.04. The molecule has 2 nitrogen and oxygen atoms in total. The monoisotopic (exact) mass is 230 g/mol. The molecule has 1 heterocycles. The predicted octanol–water partition coefficient (Wildman–Crippen LogP) is 3.26. The number of rotatable bonds is 3. The predicted molar refractivity (Wildman–Crippen MR) is 69.4 cm³/mol. The fraction of sp³-hybridized carbons (Fsp3) is 0.154. The maximum Gasteiger partial charge on any atom is 0.0993 e. The number of thioether (sulfide) groups is 1. The molecule has 16 heavy (non-hydrogen) atoms. The highest BCUT2D eigenvalue weighted by Gasteiger charge is 2.01. The van der Waals surface area contributed by atoms with Crippen LogP contribution in [-0.4, -0.2) is 4.98 Å². The first-order valence-electron chi connectivity index (χ1n) is 5.14. The van der Waals surface area contributed by atoms with Crippen molar-refractivity contribution in [2.75, 3.05) is 5.73 Å². The first kappa shape index (κ1) is 11.0. The van der Waals surface area contributed by atoms with Crippen molar-refractivity contribution in [1.82, 2.24) is 4.98 Å². The summed E-state index contributed by atoms with van der Waals surface area (Å²) in [6, 6.07) is 12.3. The molecule has 0 amide bonds. The Morgan fingerprint density at radius 1 is 1.25 bits per heavy atom. The molecular weight excluding hydrogens is 216 g/mol. The minimum Gasteiger partial charge on any atom is -0.397 e. The Kier molecular flexibility index (Phi) is 3.47. The fourth-order valence-corrected chi connectivity index (χ4v) is 2.37. The molecule has 2 rings (SSSR count). The van der Waals surface area contributed by atoms with E-state index in [2.05, 4.69) is 29.2 Å². The summed E-state index contributed by atoms with van der Waals surface area (Å²) in [5.74, 6) is 0.943. The quantitative estimate of drug-likeness (QED) is 0.822. The van der Waals surface area contributed by atoms with Gasteiger partial charge in [-0.3, -0.25) is 0 Å². The van der Waals surface area contributed by atoms with E-state index in [0.29, 0.717) is 0 Å². The second kappa shape index (κ2) is 5.03. The Morgan fingerprint density at radius 2 is 2.00 bits per heavy atom. The van der Waals surface area contributed by atoms with E-state index in [1.54, 1.807) is 18.0 Å². The SMILES string of the molecule is Cc1cc(N)cnc1SCc1ccccc1. The second-order valence-corrected chi connectivity index (χ2v) is 4.63. The zero-order valence-corrected chi connectivity index (χ0v) is 10.00. The van der Waals surface area contributed by atoms with E-state index in [9.17, 15) is 0 Å². The number of benzene rings is 1. The van der Waals surface area contributed by atoms with Crippen molar-refractivity contribution < 1.29 is 0 Å². The van der Waals surface area contributed by atoms with Gasteiger partial charge in [-0.05, 0) is 24.1 Å². The highest BCUT2D eigenvalue weighted by molar-refractivity contribution is 7.98. The zero-order valence-electron chi connectivity index (χ0n) is 9.18. The summed E-state index contributed by atoms with van der Waals surface area (Å²) in [5.41, 5.74) is 8.84. The number of hydrogen-bond donors (Lipinski definition) is 1. The molecule has 0 saturated carbocycles. The summed E-state index contributed by atoms with van der Waals surface area (Å²) in [6.07, 6.45) is 1.71. The van der Waals surface area contributed by atoms with Crippen molar-refractivity contribution in [1.29, 1.82) is 0 Å². The molecule has 0 saturated heterocycles. The van der Waals surface area contributed by atoms with E-state index in [1.165, 1.54) is 5.56 Å². The Labute approximate surface area is 99.9 Å². The van der Waals surface area contributed by atoms with Gasteiger partial charge in [-0.15, -0.1) is 11.8 Å². The van der Waals surface area contributed by atoms with Gasteiger partial charge >= 0.3 is 0 Å². The van der Waals surface area contributed by atoms with Crippen molar-refractivity contribution >= 4 is 17.4 Å². The number of nitrogens with two attached hydrogens (primary N) is 1. The van der Waals surface area contributed by atoms with Gasteiger partial charge in [-0.25, -0.2) is 4.98 Å². The van der Waals surface area contributed by atoms with E-state index < -0.39 is 0 Å². The van der Waals surface area contributed by atoms with Crippen LogP contribution in [0, 0.1) is 6.92 Å². The van der Waals surface area contributed by atoms with Crippen LogP contribution in [0.5, 0.6) is 0 Å². The van der Waals surface area contributed by atoms with Crippen molar-refractivity contribution in [2.45, 2.75) is 17.7 Å². The van der Waals surface area contributed by atoms with Gasteiger partial charge in [0.25, 0.3) is 0 Å². The molecule has 2 N–H and O–H groups in total. The third kappa shape index (κ3) is 2.76. The van der Waals surface area contributed by atoms with Crippen LogP contribution in [0.25, 0.3) is 0 Å². The number of pyridine rings is 1. The summed E-state index contributed by atoms with van der Waals surface area (Å²) < 4.78 is 0. The van der Waals surface area contributed by atoms with E-state index >= 15 is 0 Å². The topological polar surface area (TPSA) is 38.9 Å². The van der Waals surface area contributed by atoms with E-state index in [0.717, 1.165) is 22.0 Å². The summed E-state index contributed by atoms with van der Waals surface area (Å²) in [7, 11) is 0.